The van der Waals surface area contributed by atoms with Gasteiger partial charge in [0.05, 0.1) is 12.3 Å². The van der Waals surface area contributed by atoms with Crippen LogP contribution in [0.1, 0.15) is 23.3 Å². The smallest absolute Gasteiger partial charge is 0.267 e. The molecule has 4 heteroatoms. The van der Waals surface area contributed by atoms with Crippen molar-refractivity contribution in [1.82, 2.24) is 4.98 Å². The van der Waals surface area contributed by atoms with Gasteiger partial charge in [0, 0.05) is 0 Å². The van der Waals surface area contributed by atoms with Crippen molar-refractivity contribution < 1.29 is 9.53 Å². The van der Waals surface area contributed by atoms with Crippen LogP contribution < -0.4 is 10.5 Å². The van der Waals surface area contributed by atoms with Gasteiger partial charge in [0.2, 0.25) is 0 Å². The van der Waals surface area contributed by atoms with Gasteiger partial charge in [-0.15, -0.1) is 0 Å². The molecule has 1 heterocycles. The monoisotopic (exact) mass is 178 g/mol. The molecule has 0 bridgehead atoms. The Hall–Kier alpha value is -1.58. The third-order valence-electron chi connectivity index (χ3n) is 1.82. The third kappa shape index (κ3) is 1.96. The first-order valence-electron chi connectivity index (χ1n) is 4.18. The lowest BCUT2D eigenvalue weighted by molar-refractivity contribution is 0.0995. The first-order valence-corrected chi connectivity index (χ1v) is 4.18. The highest BCUT2D eigenvalue weighted by atomic mass is 16.5. The van der Waals surface area contributed by atoms with E-state index in [1.54, 1.807) is 12.1 Å². The van der Waals surface area contributed by atoms with Crippen molar-refractivity contribution >= 4 is 5.91 Å². The molecule has 1 saturated carbocycles. The molecule has 0 unspecified atom stereocenters. The molecule has 1 amide bonds. The highest BCUT2D eigenvalue weighted by Gasteiger charge is 2.23. The summed E-state index contributed by atoms with van der Waals surface area (Å²) in [6.45, 7) is 0. The van der Waals surface area contributed by atoms with Gasteiger partial charge in [-0.3, -0.25) is 4.79 Å². The molecule has 13 heavy (non-hydrogen) atoms. The van der Waals surface area contributed by atoms with Crippen LogP contribution in [-0.2, 0) is 0 Å². The second kappa shape index (κ2) is 3.05. The number of amides is 1. The summed E-state index contributed by atoms with van der Waals surface area (Å²) in [7, 11) is 0. The van der Waals surface area contributed by atoms with E-state index in [2.05, 4.69) is 4.98 Å². The van der Waals surface area contributed by atoms with Crippen LogP contribution in [0.5, 0.6) is 5.75 Å². The summed E-state index contributed by atoms with van der Waals surface area (Å²) in [4.78, 5) is 14.5. The van der Waals surface area contributed by atoms with E-state index in [4.69, 9.17) is 10.5 Å². The van der Waals surface area contributed by atoms with Gasteiger partial charge in [0.1, 0.15) is 11.4 Å². The van der Waals surface area contributed by atoms with Crippen LogP contribution in [0, 0.1) is 0 Å². The van der Waals surface area contributed by atoms with Gasteiger partial charge in [-0.05, 0) is 25.0 Å². The van der Waals surface area contributed by atoms with Crippen molar-refractivity contribution in [2.75, 3.05) is 0 Å². The van der Waals surface area contributed by atoms with Gasteiger partial charge in [-0.25, -0.2) is 4.98 Å². The van der Waals surface area contributed by atoms with E-state index in [-0.39, 0.29) is 5.69 Å². The van der Waals surface area contributed by atoms with Crippen molar-refractivity contribution in [1.29, 1.82) is 0 Å². The van der Waals surface area contributed by atoms with E-state index in [1.165, 1.54) is 6.20 Å². The average molecular weight is 178 g/mol. The molecule has 0 atom stereocenters. The number of carbonyl (C=O) groups excluding carboxylic acids is 1. The van der Waals surface area contributed by atoms with Gasteiger partial charge < -0.3 is 10.5 Å². The number of hydrogen-bond acceptors (Lipinski definition) is 3. The SMILES string of the molecule is NC(=O)c1ccc(OC2CC2)cn1. The Kier molecular flexibility index (Phi) is 1.88. The van der Waals surface area contributed by atoms with Crippen molar-refractivity contribution in [3.05, 3.63) is 24.0 Å². The molecule has 1 aliphatic rings. The quantitative estimate of drug-likeness (QED) is 0.741. The van der Waals surface area contributed by atoms with Crippen LogP contribution in [-0.4, -0.2) is 17.0 Å². The zero-order valence-corrected chi connectivity index (χ0v) is 7.06. The average Bonchev–Trinajstić information content (AvgIpc) is 2.89. The highest BCUT2D eigenvalue weighted by Crippen LogP contribution is 2.25. The molecule has 4 nitrogen and oxygen atoms in total. The van der Waals surface area contributed by atoms with E-state index in [0.29, 0.717) is 11.9 Å². The van der Waals surface area contributed by atoms with Crippen LogP contribution in [0.2, 0.25) is 0 Å². The number of carbonyl (C=O) groups is 1. The number of hydrogen-bond donors (Lipinski definition) is 1. The number of rotatable bonds is 3. The maximum absolute atomic E-state index is 10.7. The molecule has 1 fully saturated rings. The Bertz CT molecular complexity index is 317. The standard InChI is InChI=1S/C9H10N2O2/c10-9(12)8-4-3-7(5-11-8)13-6-1-2-6/h3-6H,1-2H2,(H2,10,12). The Labute approximate surface area is 75.7 Å². The first-order chi connectivity index (χ1) is 6.25. The van der Waals surface area contributed by atoms with E-state index >= 15 is 0 Å². The maximum Gasteiger partial charge on any atom is 0.267 e. The van der Waals surface area contributed by atoms with E-state index in [9.17, 15) is 4.79 Å². The summed E-state index contributed by atoms with van der Waals surface area (Å²) in [5.41, 5.74) is 5.30. The van der Waals surface area contributed by atoms with Crippen LogP contribution in [0.3, 0.4) is 0 Å². The van der Waals surface area contributed by atoms with E-state index < -0.39 is 5.91 Å². The number of nitrogens with two attached hydrogens (primary N) is 1. The van der Waals surface area contributed by atoms with Gasteiger partial charge in [-0.1, -0.05) is 0 Å². The number of primary amides is 1. The van der Waals surface area contributed by atoms with Crippen LogP contribution >= 0.6 is 0 Å². The second-order valence-corrected chi connectivity index (χ2v) is 3.06. The van der Waals surface area contributed by atoms with Gasteiger partial charge in [0.15, 0.2) is 0 Å². The van der Waals surface area contributed by atoms with Gasteiger partial charge >= 0.3 is 0 Å². The fourth-order valence-corrected chi connectivity index (χ4v) is 0.974. The lowest BCUT2D eigenvalue weighted by atomic mass is 10.3. The Morgan fingerprint density at radius 3 is 2.77 bits per heavy atom. The van der Waals surface area contributed by atoms with Gasteiger partial charge in [0.25, 0.3) is 5.91 Å². The fraction of sp³-hybridized carbons (Fsp3) is 0.333. The van der Waals surface area contributed by atoms with Crippen molar-refractivity contribution in [3.8, 4) is 5.75 Å². The molecule has 0 saturated heterocycles. The Balaban J connectivity index is 2.08. The molecular weight excluding hydrogens is 168 g/mol. The molecule has 2 rings (SSSR count). The summed E-state index contributed by atoms with van der Waals surface area (Å²) in [6, 6.07) is 3.28. The van der Waals surface area contributed by atoms with Crippen LogP contribution in [0.4, 0.5) is 0 Å². The van der Waals surface area contributed by atoms with Gasteiger partial charge in [-0.2, -0.15) is 0 Å². The minimum atomic E-state index is -0.516. The third-order valence-corrected chi connectivity index (χ3v) is 1.82. The largest absolute Gasteiger partial charge is 0.489 e. The van der Waals surface area contributed by atoms with Crippen LogP contribution in [0.25, 0.3) is 0 Å². The highest BCUT2D eigenvalue weighted by molar-refractivity contribution is 5.90. The normalized spacial score (nSPS) is 15.4. The predicted molar refractivity (Wildman–Crippen MR) is 46.4 cm³/mol. The summed E-state index contributed by atoms with van der Waals surface area (Å²) < 4.78 is 5.45. The van der Waals surface area contributed by atoms with E-state index in [0.717, 1.165) is 12.8 Å². The number of ether oxygens (including phenoxy) is 1. The predicted octanol–water partition coefficient (Wildman–Crippen LogP) is 0.722. The maximum atomic E-state index is 10.7. The second-order valence-electron chi connectivity index (χ2n) is 3.06. The number of pyridine rings is 1. The molecule has 1 aliphatic carbocycles. The molecular formula is C9H10N2O2. The molecule has 0 radical (unpaired) electrons. The molecule has 0 aliphatic heterocycles. The van der Waals surface area contributed by atoms with Crippen LogP contribution in [0.15, 0.2) is 18.3 Å². The lowest BCUT2D eigenvalue weighted by Crippen LogP contribution is -2.12. The molecule has 0 aromatic carbocycles. The molecule has 1 aromatic heterocycles. The van der Waals surface area contributed by atoms with Crippen molar-refractivity contribution in [3.63, 3.8) is 0 Å². The first kappa shape index (κ1) is 8.04. The molecule has 68 valence electrons. The number of aromatic nitrogens is 1. The van der Waals surface area contributed by atoms with Crippen molar-refractivity contribution in [2.45, 2.75) is 18.9 Å². The zero-order chi connectivity index (χ0) is 9.26. The summed E-state index contributed by atoms with van der Waals surface area (Å²) >= 11 is 0. The summed E-state index contributed by atoms with van der Waals surface area (Å²) in [6.07, 6.45) is 4.09. The van der Waals surface area contributed by atoms with E-state index in [1.807, 2.05) is 0 Å². The Morgan fingerprint density at radius 2 is 2.31 bits per heavy atom. The molecule has 0 spiro atoms. The lowest BCUT2D eigenvalue weighted by Gasteiger charge is -2.02. The van der Waals surface area contributed by atoms with Crippen molar-refractivity contribution in [2.24, 2.45) is 5.73 Å². The Morgan fingerprint density at radius 1 is 1.54 bits per heavy atom. The topological polar surface area (TPSA) is 65.2 Å². The minimum absolute atomic E-state index is 0.267. The minimum Gasteiger partial charge on any atom is -0.489 e. The summed E-state index contributed by atoms with van der Waals surface area (Å²) in [5, 5.41) is 0. The number of nitrogens with zero attached hydrogens (tertiary/aromatic N) is 1. The summed E-state index contributed by atoms with van der Waals surface area (Å²) in [5.74, 6) is 0.186. The molecule has 1 aromatic rings. The fourth-order valence-electron chi connectivity index (χ4n) is 0.974. The zero-order valence-electron chi connectivity index (χ0n) is 7.06. The molecule has 2 N–H and O–H groups in total.